The maximum absolute atomic E-state index is 4.62. The first-order valence-corrected chi connectivity index (χ1v) is 5.34. The summed E-state index contributed by atoms with van der Waals surface area (Å²) in [4.78, 5) is 8.77. The number of hydrogen-bond donors (Lipinski definition) is 0. The van der Waals surface area contributed by atoms with Crippen molar-refractivity contribution in [3.63, 3.8) is 0 Å². The second-order valence-corrected chi connectivity index (χ2v) is 4.31. The molecule has 3 nitrogen and oxygen atoms in total. The van der Waals surface area contributed by atoms with Crippen LogP contribution in [-0.2, 0) is 0 Å². The summed E-state index contributed by atoms with van der Waals surface area (Å²) in [6.45, 7) is 0. The van der Waals surface area contributed by atoms with Crippen molar-refractivity contribution in [1.82, 2.24) is 4.98 Å². The molecule has 0 aliphatic heterocycles. The molecule has 0 atom stereocenters. The summed E-state index contributed by atoms with van der Waals surface area (Å²) in [5, 5.41) is 1.19. The third kappa shape index (κ3) is 1.81. The molecule has 1 aromatic heterocycles. The summed E-state index contributed by atoms with van der Waals surface area (Å²) >= 11 is 0. The van der Waals surface area contributed by atoms with Crippen molar-refractivity contribution in [2.24, 2.45) is 0 Å². The summed E-state index contributed by atoms with van der Waals surface area (Å²) in [5.74, 6) is 0.988. The van der Waals surface area contributed by atoms with Crippen LogP contribution in [0.25, 0.3) is 10.9 Å². The summed E-state index contributed by atoms with van der Waals surface area (Å²) in [5.41, 5.74) is 2.24. The van der Waals surface area contributed by atoms with Crippen molar-refractivity contribution in [2.75, 3.05) is 38.0 Å². The van der Waals surface area contributed by atoms with Gasteiger partial charge in [0, 0.05) is 45.3 Å². The maximum Gasteiger partial charge on any atom is 0.130 e. The largest absolute Gasteiger partial charge is 0.377 e. The monoisotopic (exact) mass is 215 g/mol. The van der Waals surface area contributed by atoms with Crippen molar-refractivity contribution in [3.05, 3.63) is 30.3 Å². The Morgan fingerprint density at radius 1 is 0.938 bits per heavy atom. The average molecular weight is 215 g/mol. The number of fused-ring (bicyclic) bond motifs is 1. The maximum atomic E-state index is 4.62. The molecule has 2 aromatic rings. The molecule has 0 N–H and O–H groups in total. The summed E-state index contributed by atoms with van der Waals surface area (Å²) in [6, 6.07) is 10.3. The minimum absolute atomic E-state index is 0.988. The first-order valence-electron chi connectivity index (χ1n) is 5.34. The van der Waals surface area contributed by atoms with E-state index in [1.807, 2.05) is 31.1 Å². The van der Waals surface area contributed by atoms with Crippen LogP contribution in [0.2, 0.25) is 0 Å². The lowest BCUT2D eigenvalue weighted by molar-refractivity contribution is 1.07. The topological polar surface area (TPSA) is 19.4 Å². The van der Waals surface area contributed by atoms with Gasteiger partial charge in [0.15, 0.2) is 0 Å². The highest BCUT2D eigenvalue weighted by atomic mass is 15.1. The van der Waals surface area contributed by atoms with Gasteiger partial charge < -0.3 is 9.80 Å². The Labute approximate surface area is 96.3 Å². The van der Waals surface area contributed by atoms with Crippen LogP contribution in [-0.4, -0.2) is 33.2 Å². The van der Waals surface area contributed by atoms with E-state index in [4.69, 9.17) is 0 Å². The molecule has 0 radical (unpaired) electrons. The van der Waals surface area contributed by atoms with Crippen molar-refractivity contribution in [1.29, 1.82) is 0 Å². The molecule has 0 unspecified atom stereocenters. The van der Waals surface area contributed by atoms with E-state index in [9.17, 15) is 0 Å². The first-order chi connectivity index (χ1) is 7.59. The van der Waals surface area contributed by atoms with Crippen LogP contribution in [0.15, 0.2) is 30.3 Å². The Bertz CT molecular complexity index is 504. The molecule has 1 aromatic carbocycles. The number of hydrogen-bond acceptors (Lipinski definition) is 3. The zero-order valence-corrected chi connectivity index (χ0v) is 10.2. The molecule has 2 rings (SSSR count). The highest BCUT2D eigenvalue weighted by Crippen LogP contribution is 2.27. The molecule has 0 fully saturated rings. The summed E-state index contributed by atoms with van der Waals surface area (Å²) in [6.07, 6.45) is 0. The molecular formula is C13H17N3. The van der Waals surface area contributed by atoms with Crippen LogP contribution >= 0.6 is 0 Å². The molecule has 0 saturated heterocycles. The third-order valence-electron chi connectivity index (χ3n) is 2.62. The molecule has 84 valence electrons. The molecular weight excluding hydrogens is 198 g/mol. The van der Waals surface area contributed by atoms with Crippen molar-refractivity contribution < 1.29 is 0 Å². The number of benzene rings is 1. The van der Waals surface area contributed by atoms with Gasteiger partial charge in [0.1, 0.15) is 5.82 Å². The average Bonchev–Trinajstić information content (AvgIpc) is 2.27. The smallest absolute Gasteiger partial charge is 0.130 e. The number of nitrogens with zero attached hydrogens (tertiary/aromatic N) is 3. The second-order valence-electron chi connectivity index (χ2n) is 4.31. The number of anilines is 2. The lowest BCUT2D eigenvalue weighted by Gasteiger charge is -2.19. The van der Waals surface area contributed by atoms with Gasteiger partial charge in [-0.05, 0) is 6.07 Å². The normalized spacial score (nSPS) is 10.5. The Hall–Kier alpha value is -1.77. The highest BCUT2D eigenvalue weighted by molar-refractivity contribution is 5.93. The lowest BCUT2D eigenvalue weighted by Crippen LogP contribution is -2.14. The molecule has 0 spiro atoms. The Balaban J connectivity index is 2.74. The SMILES string of the molecule is CN(C)c1cc(N(C)C)c2ccccc2n1. The van der Waals surface area contributed by atoms with Crippen LogP contribution in [0, 0.1) is 0 Å². The van der Waals surface area contributed by atoms with Crippen LogP contribution < -0.4 is 9.80 Å². The molecule has 1 heterocycles. The van der Waals surface area contributed by atoms with Crippen LogP contribution in [0.5, 0.6) is 0 Å². The minimum Gasteiger partial charge on any atom is -0.377 e. The van der Waals surface area contributed by atoms with Gasteiger partial charge in [-0.15, -0.1) is 0 Å². The molecule has 0 bridgehead atoms. The van der Waals surface area contributed by atoms with E-state index in [1.165, 1.54) is 11.1 Å². The number of rotatable bonds is 2. The van der Waals surface area contributed by atoms with Gasteiger partial charge in [0.25, 0.3) is 0 Å². The fraction of sp³-hybridized carbons (Fsp3) is 0.308. The van der Waals surface area contributed by atoms with Gasteiger partial charge in [-0.25, -0.2) is 4.98 Å². The summed E-state index contributed by atoms with van der Waals surface area (Å²) in [7, 11) is 8.13. The Morgan fingerprint density at radius 3 is 2.25 bits per heavy atom. The fourth-order valence-corrected chi connectivity index (χ4v) is 1.74. The van der Waals surface area contributed by atoms with Gasteiger partial charge in [0.05, 0.1) is 5.52 Å². The number of aromatic nitrogens is 1. The number of para-hydroxylation sites is 1. The highest BCUT2D eigenvalue weighted by Gasteiger charge is 2.07. The van der Waals surface area contributed by atoms with Crippen molar-refractivity contribution in [3.8, 4) is 0 Å². The van der Waals surface area contributed by atoms with Gasteiger partial charge in [-0.1, -0.05) is 18.2 Å². The summed E-state index contributed by atoms with van der Waals surface area (Å²) < 4.78 is 0. The lowest BCUT2D eigenvalue weighted by atomic mass is 10.1. The van der Waals surface area contributed by atoms with E-state index in [0.29, 0.717) is 0 Å². The number of pyridine rings is 1. The van der Waals surface area contributed by atoms with Crippen molar-refractivity contribution in [2.45, 2.75) is 0 Å². The fourth-order valence-electron chi connectivity index (χ4n) is 1.74. The third-order valence-corrected chi connectivity index (χ3v) is 2.62. The van der Waals surface area contributed by atoms with E-state index >= 15 is 0 Å². The Morgan fingerprint density at radius 2 is 1.62 bits per heavy atom. The van der Waals surface area contributed by atoms with Gasteiger partial charge in [-0.3, -0.25) is 0 Å². The quantitative estimate of drug-likeness (QED) is 0.766. The first kappa shape index (κ1) is 10.7. The zero-order valence-electron chi connectivity index (χ0n) is 10.2. The molecule has 0 saturated carbocycles. The van der Waals surface area contributed by atoms with E-state index in [0.717, 1.165) is 11.3 Å². The van der Waals surface area contributed by atoms with E-state index < -0.39 is 0 Å². The van der Waals surface area contributed by atoms with Crippen molar-refractivity contribution >= 4 is 22.4 Å². The minimum atomic E-state index is 0.988. The van der Waals surface area contributed by atoms with E-state index in [1.54, 1.807) is 0 Å². The van der Waals surface area contributed by atoms with Gasteiger partial charge >= 0.3 is 0 Å². The van der Waals surface area contributed by atoms with Crippen LogP contribution in [0.4, 0.5) is 11.5 Å². The van der Waals surface area contributed by atoms with E-state index in [-0.39, 0.29) is 0 Å². The molecule has 0 aliphatic carbocycles. The molecule has 16 heavy (non-hydrogen) atoms. The Kier molecular flexibility index (Phi) is 2.69. The van der Waals surface area contributed by atoms with E-state index in [2.05, 4.69) is 42.2 Å². The predicted molar refractivity (Wildman–Crippen MR) is 70.4 cm³/mol. The zero-order chi connectivity index (χ0) is 11.7. The van der Waals surface area contributed by atoms with Crippen LogP contribution in [0.3, 0.4) is 0 Å². The molecule has 0 aliphatic rings. The van der Waals surface area contributed by atoms with Crippen LogP contribution in [0.1, 0.15) is 0 Å². The second kappa shape index (κ2) is 4.00. The molecule has 0 amide bonds. The molecule has 3 heteroatoms. The van der Waals surface area contributed by atoms with Gasteiger partial charge in [0.2, 0.25) is 0 Å². The van der Waals surface area contributed by atoms with Gasteiger partial charge in [-0.2, -0.15) is 0 Å². The predicted octanol–water partition coefficient (Wildman–Crippen LogP) is 2.37. The standard InChI is InChI=1S/C13H17N3/c1-15(2)12-9-13(16(3)4)14-11-8-6-5-7-10(11)12/h5-9H,1-4H3.